The molecule has 1 aliphatic rings. The monoisotopic (exact) mass is 617 g/mol. The maximum absolute atomic E-state index is 14.7. The van der Waals surface area contributed by atoms with Gasteiger partial charge in [-0.25, -0.2) is 9.37 Å². The minimum atomic E-state index is -0.350. The minimum absolute atomic E-state index is 0.0643. The number of anilines is 2. The van der Waals surface area contributed by atoms with Gasteiger partial charge in [-0.05, 0) is 75.0 Å². The molecule has 4 heterocycles. The molecule has 4 aromatic heterocycles. The Kier molecular flexibility index (Phi) is 8.15. The first-order valence-electron chi connectivity index (χ1n) is 15.7. The number of halogens is 1. The van der Waals surface area contributed by atoms with Gasteiger partial charge in [0, 0.05) is 53.6 Å². The Morgan fingerprint density at radius 3 is 2.63 bits per heavy atom. The van der Waals surface area contributed by atoms with Gasteiger partial charge in [0.1, 0.15) is 17.0 Å². The number of pyridine rings is 2. The lowest BCUT2D eigenvalue weighted by atomic mass is 9.88. The molecule has 2 aromatic carbocycles. The van der Waals surface area contributed by atoms with Crippen LogP contribution >= 0.6 is 0 Å². The van der Waals surface area contributed by atoms with Crippen LogP contribution in [-0.4, -0.2) is 68.1 Å². The van der Waals surface area contributed by atoms with Crippen molar-refractivity contribution in [1.29, 1.82) is 0 Å². The van der Waals surface area contributed by atoms with Crippen molar-refractivity contribution < 1.29 is 9.18 Å². The average Bonchev–Trinajstić information content (AvgIpc) is 3.69. The molecule has 11 heteroatoms. The second-order valence-electron chi connectivity index (χ2n) is 12.2. The summed E-state index contributed by atoms with van der Waals surface area (Å²) in [7, 11) is 3.99. The van der Waals surface area contributed by atoms with Gasteiger partial charge in [-0.3, -0.25) is 19.9 Å². The second kappa shape index (κ2) is 12.7. The normalized spacial score (nSPS) is 13.9. The van der Waals surface area contributed by atoms with Crippen LogP contribution in [0.4, 0.5) is 15.8 Å². The number of nitrogens with one attached hydrogen (secondary N) is 4. The van der Waals surface area contributed by atoms with Gasteiger partial charge >= 0.3 is 0 Å². The van der Waals surface area contributed by atoms with E-state index in [1.54, 1.807) is 18.6 Å². The number of aromatic amines is 2. The number of hydrogen-bond donors (Lipinski definition) is 4. The molecule has 4 N–H and O–H groups in total. The van der Waals surface area contributed by atoms with E-state index in [0.29, 0.717) is 46.2 Å². The smallest absolute Gasteiger partial charge is 0.227 e. The maximum Gasteiger partial charge on any atom is 0.227 e. The number of amides is 1. The lowest BCUT2D eigenvalue weighted by molar-refractivity contribution is -0.120. The Morgan fingerprint density at radius 2 is 1.78 bits per heavy atom. The van der Waals surface area contributed by atoms with Gasteiger partial charge in [0.2, 0.25) is 5.91 Å². The molecule has 0 unspecified atom stereocenters. The van der Waals surface area contributed by atoms with E-state index in [2.05, 4.69) is 40.7 Å². The number of carbonyl (C=O) groups is 1. The van der Waals surface area contributed by atoms with E-state index in [9.17, 15) is 9.18 Å². The van der Waals surface area contributed by atoms with Crippen molar-refractivity contribution in [3.05, 3.63) is 72.9 Å². The van der Waals surface area contributed by atoms with E-state index in [4.69, 9.17) is 4.98 Å². The molecule has 1 saturated carbocycles. The molecule has 1 fully saturated rings. The Morgan fingerprint density at radius 1 is 0.935 bits per heavy atom. The predicted molar refractivity (Wildman–Crippen MR) is 180 cm³/mol. The molecule has 1 aliphatic carbocycles. The number of benzene rings is 2. The first-order chi connectivity index (χ1) is 22.4. The highest BCUT2D eigenvalue weighted by molar-refractivity contribution is 5.98. The fourth-order valence-electron chi connectivity index (χ4n) is 6.16. The number of hydrogen-bond acceptors (Lipinski definition) is 7. The highest BCUT2D eigenvalue weighted by Crippen LogP contribution is 2.34. The summed E-state index contributed by atoms with van der Waals surface area (Å²) in [6.45, 7) is 1.50. The molecule has 234 valence electrons. The number of likely N-dealkylation sites (N-methyl/N-ethyl adjacent to an activating group) is 1. The van der Waals surface area contributed by atoms with E-state index in [-0.39, 0.29) is 17.6 Å². The first-order valence-corrected chi connectivity index (χ1v) is 15.7. The largest absolute Gasteiger partial charge is 0.384 e. The van der Waals surface area contributed by atoms with Crippen molar-refractivity contribution in [3.63, 3.8) is 0 Å². The fraction of sp³-hybridized carbons (Fsp3) is 0.286. The lowest BCUT2D eigenvalue weighted by Gasteiger charge is -2.20. The highest BCUT2D eigenvalue weighted by Gasteiger charge is 2.22. The summed E-state index contributed by atoms with van der Waals surface area (Å²) in [5.41, 5.74) is 7.30. The molecule has 1 amide bonds. The topological polar surface area (TPSA) is 128 Å². The van der Waals surface area contributed by atoms with Gasteiger partial charge in [0.15, 0.2) is 5.82 Å². The molecular weight excluding hydrogens is 581 g/mol. The Balaban J connectivity index is 1.19. The van der Waals surface area contributed by atoms with Crippen LogP contribution in [0.3, 0.4) is 0 Å². The fourth-order valence-corrected chi connectivity index (χ4v) is 6.16. The molecule has 0 bridgehead atoms. The molecule has 10 nitrogen and oxygen atoms in total. The third-order valence-electron chi connectivity index (χ3n) is 8.56. The van der Waals surface area contributed by atoms with Gasteiger partial charge in [0.05, 0.1) is 28.6 Å². The van der Waals surface area contributed by atoms with Crippen LogP contribution in [0, 0.1) is 11.7 Å². The second-order valence-corrected chi connectivity index (χ2v) is 12.2. The van der Waals surface area contributed by atoms with Crippen LogP contribution < -0.4 is 10.6 Å². The van der Waals surface area contributed by atoms with Crippen LogP contribution in [0.2, 0.25) is 0 Å². The maximum atomic E-state index is 14.7. The number of imidazole rings is 1. The zero-order valence-corrected chi connectivity index (χ0v) is 25.9. The Bertz CT molecular complexity index is 2030. The summed E-state index contributed by atoms with van der Waals surface area (Å²) >= 11 is 0. The van der Waals surface area contributed by atoms with Crippen molar-refractivity contribution >= 4 is 39.2 Å². The summed E-state index contributed by atoms with van der Waals surface area (Å²) in [6.07, 6.45) is 10.5. The van der Waals surface area contributed by atoms with Crippen molar-refractivity contribution in [3.8, 4) is 33.9 Å². The lowest BCUT2D eigenvalue weighted by Crippen LogP contribution is -2.24. The molecule has 0 radical (unpaired) electrons. The zero-order chi connectivity index (χ0) is 31.6. The summed E-state index contributed by atoms with van der Waals surface area (Å²) in [5, 5.41) is 15.0. The highest BCUT2D eigenvalue weighted by atomic mass is 19.1. The standard InChI is InChI=1S/C35H36FN9O/c1-45(2)13-12-38-26-15-23(14-25(36)18-26)31-33-30(10-11-39-31)41-34(42-33)32-28-17-22(8-9-29(28)43-44-32)24-16-27(20-37-19-24)40-35(46)21-6-4-3-5-7-21/h8-11,14-21,38H,3-7,12-13H2,1-2H3,(H,40,46)(H,41,42)(H,43,44). The van der Waals surface area contributed by atoms with Gasteiger partial charge in [0.25, 0.3) is 0 Å². The molecule has 7 rings (SSSR count). The summed E-state index contributed by atoms with van der Waals surface area (Å²) in [5.74, 6) is 0.354. The predicted octanol–water partition coefficient (Wildman–Crippen LogP) is 6.86. The SMILES string of the molecule is CN(C)CCNc1cc(F)cc(-c2nccc3[nH]c(-c4n[nH]c5ccc(-c6cncc(NC(=O)C7CCCCC7)c6)cc45)nc23)c1. The van der Waals surface area contributed by atoms with Crippen LogP contribution in [0.25, 0.3) is 55.8 Å². The van der Waals surface area contributed by atoms with Crippen molar-refractivity contribution in [2.75, 3.05) is 37.8 Å². The number of rotatable bonds is 9. The number of nitrogens with zero attached hydrogens (tertiary/aromatic N) is 5. The zero-order valence-electron chi connectivity index (χ0n) is 25.9. The van der Waals surface area contributed by atoms with Crippen LogP contribution in [0.15, 0.2) is 67.1 Å². The third kappa shape index (κ3) is 6.18. The van der Waals surface area contributed by atoms with E-state index < -0.39 is 0 Å². The summed E-state index contributed by atoms with van der Waals surface area (Å²) in [6, 6.07) is 14.7. The average molecular weight is 618 g/mol. The number of aromatic nitrogens is 6. The van der Waals surface area contributed by atoms with Gasteiger partial charge < -0.3 is 20.5 Å². The van der Waals surface area contributed by atoms with Crippen LogP contribution in [0.5, 0.6) is 0 Å². The van der Waals surface area contributed by atoms with Gasteiger partial charge in [-0.15, -0.1) is 0 Å². The number of fused-ring (bicyclic) bond motifs is 2. The number of H-pyrrole nitrogens is 2. The minimum Gasteiger partial charge on any atom is -0.384 e. The molecule has 0 saturated heterocycles. The van der Waals surface area contributed by atoms with Crippen molar-refractivity contribution in [2.24, 2.45) is 5.92 Å². The first kappa shape index (κ1) is 29.5. The van der Waals surface area contributed by atoms with Crippen molar-refractivity contribution in [1.82, 2.24) is 35.0 Å². The number of carbonyl (C=O) groups excluding carboxylic acids is 1. The molecule has 6 aromatic rings. The van der Waals surface area contributed by atoms with E-state index in [1.807, 2.05) is 50.5 Å². The van der Waals surface area contributed by atoms with E-state index in [0.717, 1.165) is 59.8 Å². The molecule has 0 atom stereocenters. The molecule has 0 aliphatic heterocycles. The molecule has 0 spiro atoms. The molecular formula is C35H36FN9O. The summed E-state index contributed by atoms with van der Waals surface area (Å²) < 4.78 is 14.7. The Hall–Kier alpha value is -5.16. The van der Waals surface area contributed by atoms with Gasteiger partial charge in [-0.1, -0.05) is 25.3 Å². The third-order valence-corrected chi connectivity index (χ3v) is 8.56. The molecule has 46 heavy (non-hydrogen) atoms. The Labute approximate surface area is 265 Å². The van der Waals surface area contributed by atoms with E-state index in [1.165, 1.54) is 18.6 Å². The quantitative estimate of drug-likeness (QED) is 0.140. The van der Waals surface area contributed by atoms with Crippen LogP contribution in [0.1, 0.15) is 32.1 Å². The van der Waals surface area contributed by atoms with Crippen molar-refractivity contribution in [2.45, 2.75) is 32.1 Å². The van der Waals surface area contributed by atoms with Gasteiger partial charge in [-0.2, -0.15) is 5.10 Å². The van der Waals surface area contributed by atoms with E-state index >= 15 is 0 Å². The summed E-state index contributed by atoms with van der Waals surface area (Å²) in [4.78, 5) is 32.2. The van der Waals surface area contributed by atoms with Crippen LogP contribution in [-0.2, 0) is 4.79 Å².